The zero-order valence-corrected chi connectivity index (χ0v) is 19.7. The summed E-state index contributed by atoms with van der Waals surface area (Å²) < 4.78 is 38.3. The van der Waals surface area contributed by atoms with E-state index in [0.717, 1.165) is 50.9 Å². The monoisotopic (exact) mass is 480 g/mol. The molecule has 0 atom stereocenters. The lowest BCUT2D eigenvalue weighted by molar-refractivity contribution is -0.137. The van der Waals surface area contributed by atoms with Crippen LogP contribution in [0.2, 0.25) is 0 Å². The minimum atomic E-state index is -4.32. The third-order valence-electron chi connectivity index (χ3n) is 5.58. The summed E-state index contributed by atoms with van der Waals surface area (Å²) >= 11 is 0. The van der Waals surface area contributed by atoms with E-state index in [1.54, 1.807) is 6.33 Å². The molecule has 0 bridgehead atoms. The fourth-order valence-corrected chi connectivity index (χ4v) is 4.06. The molecule has 0 aliphatic carbocycles. The summed E-state index contributed by atoms with van der Waals surface area (Å²) in [6.07, 6.45) is -2.73. The molecule has 0 unspecified atom stereocenters. The Hall–Kier alpha value is -3.85. The second kappa shape index (κ2) is 9.79. The van der Waals surface area contributed by atoms with Crippen LogP contribution in [-0.2, 0) is 19.3 Å². The number of nitrogens with zero attached hydrogens (tertiary/aromatic N) is 3. The van der Waals surface area contributed by atoms with Crippen LogP contribution in [0.1, 0.15) is 30.5 Å². The minimum absolute atomic E-state index is 0.397. The maximum absolute atomic E-state index is 12.8. The zero-order chi connectivity index (χ0) is 25.2. The van der Waals surface area contributed by atoms with Crippen LogP contribution in [-0.4, -0.2) is 31.9 Å². The largest absolute Gasteiger partial charge is 0.416 e. The molecule has 0 fully saturated rings. The average molecular weight is 481 g/mol. The van der Waals surface area contributed by atoms with E-state index >= 15 is 0 Å². The van der Waals surface area contributed by atoms with Crippen molar-refractivity contribution < 1.29 is 13.2 Å². The molecule has 0 amide bonds. The number of anilines is 1. The van der Waals surface area contributed by atoms with Gasteiger partial charge in [-0.05, 0) is 54.6 Å². The van der Waals surface area contributed by atoms with Gasteiger partial charge in [-0.25, -0.2) is 9.97 Å². The Morgan fingerprint density at radius 3 is 2.34 bits per heavy atom. The Bertz CT molecular complexity index is 1430. The maximum Gasteiger partial charge on any atom is 0.416 e. The van der Waals surface area contributed by atoms with Crippen molar-refractivity contribution in [3.8, 4) is 11.3 Å². The molecule has 9 heteroatoms. The summed E-state index contributed by atoms with van der Waals surface area (Å²) in [7, 11) is 1.94. The number of imidazole rings is 1. The first-order valence-corrected chi connectivity index (χ1v) is 11.3. The number of hydrogen-bond donors (Lipinski definition) is 3. The second-order valence-corrected chi connectivity index (χ2v) is 8.17. The molecule has 0 saturated heterocycles. The van der Waals surface area contributed by atoms with Gasteiger partial charge in [0.25, 0.3) is 0 Å². The number of pyridine rings is 1. The third kappa shape index (κ3) is 5.30. The number of halogens is 3. The lowest BCUT2D eigenvalue weighted by Gasteiger charge is -2.17. The highest BCUT2D eigenvalue weighted by molar-refractivity contribution is 5.95. The summed E-state index contributed by atoms with van der Waals surface area (Å²) in [5.41, 5.74) is 11.4. The number of alkyl halides is 3. The number of aromatic amines is 2. The van der Waals surface area contributed by atoms with Gasteiger partial charge in [0.2, 0.25) is 0 Å². The van der Waals surface area contributed by atoms with Crippen molar-refractivity contribution in [3.05, 3.63) is 77.6 Å². The molecule has 0 aliphatic heterocycles. The summed E-state index contributed by atoms with van der Waals surface area (Å²) in [6.45, 7) is 5.20. The van der Waals surface area contributed by atoms with Gasteiger partial charge in [-0.3, -0.25) is 4.90 Å². The van der Waals surface area contributed by atoms with Crippen molar-refractivity contribution in [1.29, 1.82) is 0 Å². The van der Waals surface area contributed by atoms with Crippen molar-refractivity contribution >= 4 is 27.9 Å². The van der Waals surface area contributed by atoms with E-state index in [1.165, 1.54) is 12.1 Å². The number of nitrogens with two attached hydrogens (primary N) is 1. The van der Waals surface area contributed by atoms with Gasteiger partial charge >= 0.3 is 6.18 Å². The van der Waals surface area contributed by atoms with Gasteiger partial charge < -0.3 is 15.7 Å². The molecule has 35 heavy (non-hydrogen) atoms. The third-order valence-corrected chi connectivity index (χ3v) is 5.58. The smallest absolute Gasteiger partial charge is 0.384 e. The molecule has 2 aromatic carbocycles. The number of nitrogen functional groups attached to an aromatic ring is 1. The Labute approximate surface area is 201 Å². The predicted octanol–water partition coefficient (Wildman–Crippen LogP) is 6.37. The van der Waals surface area contributed by atoms with Gasteiger partial charge in [0, 0.05) is 35.2 Å². The van der Waals surface area contributed by atoms with Gasteiger partial charge in [0.1, 0.15) is 5.82 Å². The van der Waals surface area contributed by atoms with Crippen LogP contribution < -0.4 is 5.73 Å². The van der Waals surface area contributed by atoms with Crippen LogP contribution in [0.25, 0.3) is 33.3 Å². The van der Waals surface area contributed by atoms with E-state index in [-0.39, 0.29) is 0 Å². The minimum Gasteiger partial charge on any atom is -0.384 e. The Balaban J connectivity index is 0.00000141. The van der Waals surface area contributed by atoms with Gasteiger partial charge in [-0.1, -0.05) is 32.0 Å². The molecule has 5 rings (SSSR count). The van der Waals surface area contributed by atoms with Crippen molar-refractivity contribution in [2.24, 2.45) is 0 Å². The number of aromatic nitrogens is 4. The molecule has 0 radical (unpaired) electrons. The normalized spacial score (nSPS) is 11.7. The molecule has 4 N–H and O–H groups in total. The summed E-state index contributed by atoms with van der Waals surface area (Å²) in [5.74, 6) is 0.397. The van der Waals surface area contributed by atoms with Gasteiger partial charge in [-0.2, -0.15) is 13.2 Å². The van der Waals surface area contributed by atoms with Crippen LogP contribution in [0, 0.1) is 0 Å². The quantitative estimate of drug-likeness (QED) is 0.273. The van der Waals surface area contributed by atoms with E-state index in [9.17, 15) is 13.2 Å². The van der Waals surface area contributed by atoms with E-state index in [4.69, 9.17) is 5.73 Å². The molecule has 3 aromatic heterocycles. The molecular formula is C26H27F3N6. The number of nitrogens with one attached hydrogen (secondary N) is 2. The number of benzene rings is 2. The number of rotatable bonds is 5. The highest BCUT2D eigenvalue weighted by atomic mass is 19.4. The van der Waals surface area contributed by atoms with Gasteiger partial charge in [-0.15, -0.1) is 0 Å². The fraction of sp³-hybridized carbons (Fsp3) is 0.231. The molecule has 3 heterocycles. The Morgan fingerprint density at radius 1 is 0.943 bits per heavy atom. The van der Waals surface area contributed by atoms with Crippen molar-refractivity contribution in [1.82, 2.24) is 24.8 Å². The van der Waals surface area contributed by atoms with E-state index < -0.39 is 11.7 Å². The van der Waals surface area contributed by atoms with Crippen LogP contribution >= 0.6 is 0 Å². The fourth-order valence-electron chi connectivity index (χ4n) is 4.06. The van der Waals surface area contributed by atoms with E-state index in [0.29, 0.717) is 24.6 Å². The summed E-state index contributed by atoms with van der Waals surface area (Å²) in [4.78, 5) is 17.0. The molecule has 182 valence electrons. The number of H-pyrrole nitrogens is 2. The first kappa shape index (κ1) is 24.3. The zero-order valence-electron chi connectivity index (χ0n) is 19.7. The molecule has 5 aromatic rings. The van der Waals surface area contributed by atoms with Gasteiger partial charge in [0.05, 0.1) is 17.4 Å². The molecule has 0 spiro atoms. The van der Waals surface area contributed by atoms with Crippen LogP contribution in [0.5, 0.6) is 0 Å². The predicted molar refractivity (Wildman–Crippen MR) is 134 cm³/mol. The summed E-state index contributed by atoms with van der Waals surface area (Å²) in [6, 6.07) is 15.3. The molecule has 0 saturated carbocycles. The van der Waals surface area contributed by atoms with E-state index in [2.05, 4.69) is 37.0 Å². The lowest BCUT2D eigenvalue weighted by atomic mass is 10.1. The number of fused-ring (bicyclic) bond motifs is 2. The lowest BCUT2D eigenvalue weighted by Crippen LogP contribution is -2.17. The average Bonchev–Trinajstić information content (AvgIpc) is 3.46. The molecular weight excluding hydrogens is 453 g/mol. The van der Waals surface area contributed by atoms with Crippen LogP contribution in [0.15, 0.2) is 60.9 Å². The first-order chi connectivity index (χ1) is 16.8. The van der Waals surface area contributed by atoms with Gasteiger partial charge in [0.15, 0.2) is 5.65 Å². The molecule has 6 nitrogen and oxygen atoms in total. The Morgan fingerprint density at radius 2 is 1.63 bits per heavy atom. The van der Waals surface area contributed by atoms with Crippen LogP contribution in [0.4, 0.5) is 19.0 Å². The standard InChI is InChI=1S/C24H21F3N6.C2H6/c1-33(11-14-2-5-17(6-3-14)24(25,26)27)12-15-4-7-19-16(8-15)9-20(31-19)18-10-21(28)32-23-22(18)29-13-30-23;1-2/h2-10,13,31H,11-12H2,1H3,(H3,28,29,30,32);1-2H3. The van der Waals surface area contributed by atoms with Crippen LogP contribution in [0.3, 0.4) is 0 Å². The SMILES string of the molecule is CC.CN(Cc1ccc(C(F)(F)F)cc1)Cc1ccc2[nH]c(-c3cc(N)nc4nc[nH]c34)cc2c1. The van der Waals surface area contributed by atoms with E-state index in [1.807, 2.05) is 39.1 Å². The Kier molecular flexibility index (Phi) is 6.79. The summed E-state index contributed by atoms with van der Waals surface area (Å²) in [5, 5.41) is 1.05. The highest BCUT2D eigenvalue weighted by Gasteiger charge is 2.29. The first-order valence-electron chi connectivity index (χ1n) is 11.3. The molecule has 0 aliphatic rings. The van der Waals surface area contributed by atoms with Crippen molar-refractivity contribution in [2.45, 2.75) is 33.1 Å². The van der Waals surface area contributed by atoms with Crippen molar-refractivity contribution in [2.75, 3.05) is 12.8 Å². The van der Waals surface area contributed by atoms with Crippen molar-refractivity contribution in [3.63, 3.8) is 0 Å². The topological polar surface area (TPSA) is 86.6 Å². The second-order valence-electron chi connectivity index (χ2n) is 8.17. The highest BCUT2D eigenvalue weighted by Crippen LogP contribution is 2.31. The maximum atomic E-state index is 12.8. The number of hydrogen-bond acceptors (Lipinski definition) is 4.